The smallest absolute Gasteiger partial charge is 0.237 e. The summed E-state index contributed by atoms with van der Waals surface area (Å²) in [4.78, 5) is 12.6. The van der Waals surface area contributed by atoms with E-state index in [1.54, 1.807) is 24.3 Å². The number of aryl methyl sites for hydroxylation is 1. The van der Waals surface area contributed by atoms with Gasteiger partial charge in [-0.3, -0.25) is 9.00 Å². The van der Waals surface area contributed by atoms with Crippen molar-refractivity contribution in [2.75, 3.05) is 16.8 Å². The van der Waals surface area contributed by atoms with Gasteiger partial charge in [-0.25, -0.2) is 0 Å². The van der Waals surface area contributed by atoms with Crippen molar-refractivity contribution in [1.82, 2.24) is 0 Å². The van der Waals surface area contributed by atoms with Crippen LogP contribution in [0, 0.1) is 6.92 Å². The third kappa shape index (κ3) is 4.15. The zero-order valence-electron chi connectivity index (χ0n) is 11.4. The molecule has 21 heavy (non-hydrogen) atoms. The highest BCUT2D eigenvalue weighted by atomic mass is 79.9. The molecule has 0 heterocycles. The molecule has 3 N–H and O–H groups in total. The lowest BCUT2D eigenvalue weighted by atomic mass is 10.1. The average molecular weight is 367 g/mol. The van der Waals surface area contributed by atoms with Gasteiger partial charge in [-0.05, 0) is 36.8 Å². The summed E-state index contributed by atoms with van der Waals surface area (Å²) < 4.78 is 13.0. The lowest BCUT2D eigenvalue weighted by molar-refractivity contribution is -0.113. The molecule has 6 heteroatoms. The van der Waals surface area contributed by atoms with E-state index in [9.17, 15) is 9.00 Å². The van der Waals surface area contributed by atoms with Crippen LogP contribution in [-0.4, -0.2) is 15.9 Å². The van der Waals surface area contributed by atoms with Gasteiger partial charge in [0, 0.05) is 9.37 Å². The number of hydrogen-bond donors (Lipinski definition) is 2. The van der Waals surface area contributed by atoms with E-state index in [2.05, 4.69) is 21.2 Å². The van der Waals surface area contributed by atoms with Crippen molar-refractivity contribution in [2.45, 2.75) is 11.8 Å². The van der Waals surface area contributed by atoms with Gasteiger partial charge in [-0.15, -0.1) is 0 Å². The Morgan fingerprint density at radius 1 is 1.29 bits per heavy atom. The fraction of sp³-hybridized carbons (Fsp3) is 0.133. The molecule has 1 unspecified atom stereocenters. The fourth-order valence-corrected chi connectivity index (χ4v) is 3.36. The number of hydrogen-bond acceptors (Lipinski definition) is 3. The van der Waals surface area contributed by atoms with Gasteiger partial charge in [-0.1, -0.05) is 34.1 Å². The molecule has 1 amide bonds. The molecule has 0 saturated carbocycles. The summed E-state index contributed by atoms with van der Waals surface area (Å²) in [6.07, 6.45) is 0. The minimum atomic E-state index is -1.39. The summed E-state index contributed by atoms with van der Waals surface area (Å²) in [6.45, 7) is 1.86. The predicted octanol–water partition coefficient (Wildman–Crippen LogP) is 3.09. The predicted molar refractivity (Wildman–Crippen MR) is 89.6 cm³/mol. The van der Waals surface area contributed by atoms with Crippen molar-refractivity contribution in [2.24, 2.45) is 0 Å². The molecule has 1 atom stereocenters. The minimum Gasteiger partial charge on any atom is -0.397 e. The first-order valence-corrected chi connectivity index (χ1v) is 8.37. The first kappa shape index (κ1) is 15.7. The Bertz CT molecular complexity index is 684. The summed E-state index contributed by atoms with van der Waals surface area (Å²) in [5.74, 6) is -0.432. The van der Waals surface area contributed by atoms with Crippen molar-refractivity contribution in [1.29, 1.82) is 0 Å². The molecular weight excluding hydrogens is 352 g/mol. The molecular formula is C15H15BrN2O2S. The lowest BCUT2D eigenvalue weighted by Gasteiger charge is -2.11. The first-order chi connectivity index (χ1) is 9.97. The maximum atomic E-state index is 12.2. The molecule has 0 aliphatic rings. The highest BCUT2D eigenvalue weighted by Crippen LogP contribution is 2.22. The Hall–Kier alpha value is -1.66. The quantitative estimate of drug-likeness (QED) is 0.816. The minimum absolute atomic E-state index is 0.107. The lowest BCUT2D eigenvalue weighted by Crippen LogP contribution is -2.20. The molecule has 0 radical (unpaired) electrons. The number of carbonyl (C=O) groups excluding carboxylic acids is 1. The number of nitrogen functional groups attached to an aromatic ring is 1. The third-order valence-electron chi connectivity index (χ3n) is 2.89. The van der Waals surface area contributed by atoms with Crippen molar-refractivity contribution in [3.05, 3.63) is 52.5 Å². The van der Waals surface area contributed by atoms with Crippen LogP contribution in [-0.2, 0) is 15.6 Å². The van der Waals surface area contributed by atoms with Crippen LogP contribution in [0.2, 0.25) is 0 Å². The summed E-state index contributed by atoms with van der Waals surface area (Å²) in [7, 11) is -1.39. The highest BCUT2D eigenvalue weighted by molar-refractivity contribution is 9.10. The van der Waals surface area contributed by atoms with Crippen LogP contribution in [0.3, 0.4) is 0 Å². The molecule has 2 aromatic carbocycles. The number of nitrogens with two attached hydrogens (primary N) is 1. The van der Waals surface area contributed by atoms with Crippen molar-refractivity contribution in [3.8, 4) is 0 Å². The number of nitrogens with one attached hydrogen (secondary N) is 1. The summed E-state index contributed by atoms with van der Waals surface area (Å²) in [6, 6.07) is 12.5. The summed E-state index contributed by atoms with van der Waals surface area (Å²) in [5, 5.41) is 2.73. The molecule has 0 aliphatic heterocycles. The zero-order valence-corrected chi connectivity index (χ0v) is 13.8. The van der Waals surface area contributed by atoms with Gasteiger partial charge in [0.2, 0.25) is 5.91 Å². The summed E-state index contributed by atoms with van der Waals surface area (Å²) in [5.41, 5.74) is 7.78. The van der Waals surface area contributed by atoms with E-state index in [4.69, 9.17) is 5.73 Å². The number of para-hydroxylation sites is 1. The van der Waals surface area contributed by atoms with Gasteiger partial charge >= 0.3 is 0 Å². The Morgan fingerprint density at radius 2 is 2.00 bits per heavy atom. The van der Waals surface area contributed by atoms with Crippen LogP contribution in [0.5, 0.6) is 0 Å². The molecule has 0 aliphatic carbocycles. The van der Waals surface area contributed by atoms with Crippen LogP contribution >= 0.6 is 15.9 Å². The molecule has 0 fully saturated rings. The number of amides is 1. The number of halogens is 1. The monoisotopic (exact) mass is 366 g/mol. The van der Waals surface area contributed by atoms with E-state index in [1.165, 1.54) is 0 Å². The van der Waals surface area contributed by atoms with Crippen LogP contribution in [0.1, 0.15) is 5.56 Å². The second-order valence-corrected chi connectivity index (χ2v) is 6.90. The van der Waals surface area contributed by atoms with Crippen LogP contribution < -0.4 is 11.1 Å². The number of rotatable bonds is 4. The van der Waals surface area contributed by atoms with E-state index < -0.39 is 10.8 Å². The van der Waals surface area contributed by atoms with E-state index in [0.29, 0.717) is 16.3 Å². The van der Waals surface area contributed by atoms with Gasteiger partial charge in [0.15, 0.2) is 0 Å². The van der Waals surface area contributed by atoms with Crippen molar-refractivity contribution in [3.63, 3.8) is 0 Å². The molecule has 2 aromatic rings. The van der Waals surface area contributed by atoms with Crippen molar-refractivity contribution < 1.29 is 9.00 Å². The van der Waals surface area contributed by atoms with Crippen LogP contribution in [0.15, 0.2) is 51.8 Å². The first-order valence-electron chi connectivity index (χ1n) is 6.26. The molecule has 4 nitrogen and oxygen atoms in total. The molecule has 0 spiro atoms. The molecule has 0 bridgehead atoms. The molecule has 110 valence electrons. The van der Waals surface area contributed by atoms with Crippen LogP contribution in [0.4, 0.5) is 11.4 Å². The van der Waals surface area contributed by atoms with E-state index in [0.717, 1.165) is 10.0 Å². The topological polar surface area (TPSA) is 72.2 Å². The highest BCUT2D eigenvalue weighted by Gasteiger charge is 2.13. The van der Waals surface area contributed by atoms with Gasteiger partial charge in [0.05, 0.1) is 22.2 Å². The number of anilines is 2. The standard InChI is InChI=1S/C15H15BrN2O2S/c1-10-4-2-7-13(17)15(10)18-14(19)9-21(20)12-6-3-5-11(16)8-12/h2-8H,9,17H2,1H3,(H,18,19). The largest absolute Gasteiger partial charge is 0.397 e. The van der Waals surface area contributed by atoms with Crippen molar-refractivity contribution >= 4 is 44.0 Å². The van der Waals surface area contributed by atoms with Gasteiger partial charge in [-0.2, -0.15) is 0 Å². The average Bonchev–Trinajstić information content (AvgIpc) is 2.43. The maximum Gasteiger partial charge on any atom is 0.237 e. The number of carbonyl (C=O) groups is 1. The van der Waals surface area contributed by atoms with Gasteiger partial charge in [0.25, 0.3) is 0 Å². The zero-order chi connectivity index (χ0) is 15.4. The van der Waals surface area contributed by atoms with E-state index in [-0.39, 0.29) is 11.7 Å². The fourth-order valence-electron chi connectivity index (χ4n) is 1.85. The Labute approximate surface area is 134 Å². The maximum absolute atomic E-state index is 12.2. The second-order valence-electron chi connectivity index (χ2n) is 4.53. The van der Waals surface area contributed by atoms with Gasteiger partial charge in [0.1, 0.15) is 5.75 Å². The Morgan fingerprint density at radius 3 is 2.67 bits per heavy atom. The SMILES string of the molecule is Cc1cccc(N)c1NC(=O)CS(=O)c1cccc(Br)c1. The number of benzene rings is 2. The molecule has 0 aromatic heterocycles. The Kier molecular flexibility index (Phi) is 5.14. The molecule has 2 rings (SSSR count). The normalized spacial score (nSPS) is 11.9. The second kappa shape index (κ2) is 6.87. The third-order valence-corrected chi connectivity index (χ3v) is 4.69. The summed E-state index contributed by atoms with van der Waals surface area (Å²) >= 11 is 3.32. The Balaban J connectivity index is 2.07. The van der Waals surface area contributed by atoms with E-state index >= 15 is 0 Å². The van der Waals surface area contributed by atoms with E-state index in [1.807, 2.05) is 25.1 Å². The van der Waals surface area contributed by atoms with Crippen LogP contribution in [0.25, 0.3) is 0 Å². The van der Waals surface area contributed by atoms with Gasteiger partial charge < -0.3 is 11.1 Å². The molecule has 0 saturated heterocycles.